The van der Waals surface area contributed by atoms with E-state index < -0.39 is 0 Å². The van der Waals surface area contributed by atoms with E-state index in [-0.39, 0.29) is 16.4 Å². The van der Waals surface area contributed by atoms with Gasteiger partial charge in [-0.1, -0.05) is 30.3 Å². The van der Waals surface area contributed by atoms with Crippen LogP contribution in [0, 0.1) is 10.7 Å². The Morgan fingerprint density at radius 1 is 0.710 bits per heavy atom. The Hall–Kier alpha value is -1.24. The highest BCUT2D eigenvalue weighted by Crippen LogP contribution is 2.48. The lowest BCUT2D eigenvalue weighted by Gasteiger charge is -2.09. The molecule has 0 fully saturated rings. The molecule has 0 aliphatic rings. The summed E-state index contributed by atoms with van der Waals surface area (Å²) in [4.78, 5) is 14.1. The predicted molar refractivity (Wildman–Crippen MR) is 155 cm³/mol. The highest BCUT2D eigenvalue weighted by Gasteiger charge is 2.24. The molecule has 5 aromatic rings. The van der Waals surface area contributed by atoms with Gasteiger partial charge in [0.1, 0.15) is 5.75 Å². The Kier molecular flexibility index (Phi) is 6.24. The van der Waals surface area contributed by atoms with Crippen molar-refractivity contribution in [3.05, 3.63) is 101 Å². The standard InChI is InChI=1S/C25H14I3O2S/c26-15-12-20(27)24(21(28)13-15)25(29)30-16-6-5-7-17(14-16)31-22-10-3-1-8-18(22)19-9-2-4-11-23(19)31/h1-14H/q+1. The molecule has 31 heavy (non-hydrogen) atoms. The fraction of sp³-hybridized carbons (Fsp3) is 0. The Balaban J connectivity index is 1.59. The summed E-state index contributed by atoms with van der Waals surface area (Å²) in [5.41, 5.74) is 0.617. The van der Waals surface area contributed by atoms with Crippen molar-refractivity contribution in [2.45, 2.75) is 0 Å². The molecule has 0 saturated carbocycles. The van der Waals surface area contributed by atoms with Crippen LogP contribution in [0.2, 0.25) is 0 Å². The third kappa shape index (κ3) is 4.11. The summed E-state index contributed by atoms with van der Waals surface area (Å²) in [6.45, 7) is 0. The Morgan fingerprint density at radius 2 is 1.29 bits per heavy atom. The molecule has 0 unspecified atom stereocenters. The summed E-state index contributed by atoms with van der Waals surface area (Å²) in [5.74, 6) is 0.250. The van der Waals surface area contributed by atoms with Crippen LogP contribution in [-0.4, -0.2) is 5.97 Å². The molecule has 0 bridgehead atoms. The number of fused-ring (bicyclic) bond motifs is 3. The number of ether oxygens (including phenoxy) is 1. The Morgan fingerprint density at radius 3 is 1.90 bits per heavy atom. The second kappa shape index (κ2) is 8.95. The van der Waals surface area contributed by atoms with Gasteiger partial charge in [-0.2, -0.15) is 0 Å². The van der Waals surface area contributed by atoms with Gasteiger partial charge in [0.25, 0.3) is 0 Å². The summed E-state index contributed by atoms with van der Waals surface area (Å²) >= 11 is 6.66. The maximum atomic E-state index is 13.0. The number of hydrogen-bond acceptors (Lipinski definition) is 2. The molecule has 1 aromatic heterocycles. The van der Waals surface area contributed by atoms with Gasteiger partial charge < -0.3 is 4.74 Å². The second-order valence-corrected chi connectivity index (χ2v) is 12.4. The minimum atomic E-state index is -0.321. The number of carbonyl (C=O) groups is 1. The molecule has 0 spiro atoms. The zero-order chi connectivity index (χ0) is 21.5. The average Bonchev–Trinajstić information content (AvgIpc) is 3.08. The zero-order valence-corrected chi connectivity index (χ0v) is 23.2. The molecule has 0 aliphatic carbocycles. The predicted octanol–water partition coefficient (Wildman–Crippen LogP) is 8.76. The van der Waals surface area contributed by atoms with Crippen molar-refractivity contribution >= 4 is 104 Å². The van der Waals surface area contributed by atoms with Crippen molar-refractivity contribution in [1.29, 1.82) is 0 Å². The molecule has 0 aliphatic heterocycles. The largest absolute Gasteiger partial charge is 0.423 e. The van der Waals surface area contributed by atoms with E-state index in [1.807, 2.05) is 30.3 Å². The van der Waals surface area contributed by atoms with Gasteiger partial charge in [0, 0.05) is 38.0 Å². The number of benzene rings is 4. The van der Waals surface area contributed by atoms with Crippen LogP contribution in [0.3, 0.4) is 0 Å². The van der Waals surface area contributed by atoms with Gasteiger partial charge >= 0.3 is 5.97 Å². The monoisotopic (exact) mass is 759 g/mol. The fourth-order valence-corrected chi connectivity index (χ4v) is 10.1. The molecule has 4 aromatic carbocycles. The number of carbonyl (C=O) groups excluding carboxylic acids is 1. The highest BCUT2D eigenvalue weighted by molar-refractivity contribution is 14.1. The molecule has 152 valence electrons. The van der Waals surface area contributed by atoms with Crippen LogP contribution in [0.1, 0.15) is 10.4 Å². The third-order valence-electron chi connectivity index (χ3n) is 4.97. The van der Waals surface area contributed by atoms with Crippen LogP contribution >= 0.6 is 78.2 Å². The van der Waals surface area contributed by atoms with E-state index in [0.29, 0.717) is 11.3 Å². The molecular weight excluding hydrogens is 745 g/mol. The van der Waals surface area contributed by atoms with Gasteiger partial charge in [0.2, 0.25) is 0 Å². The van der Waals surface area contributed by atoms with Crippen LogP contribution in [0.25, 0.3) is 25.1 Å². The molecular formula is C25H14I3O2S+. The third-order valence-corrected chi connectivity index (χ3v) is 9.61. The maximum absolute atomic E-state index is 13.0. The summed E-state index contributed by atoms with van der Waals surface area (Å²) in [5, 5.41) is 2.57. The first-order chi connectivity index (χ1) is 15.0. The fourth-order valence-electron chi connectivity index (χ4n) is 3.67. The molecule has 1 heterocycles. The van der Waals surface area contributed by atoms with Gasteiger partial charge in [-0.25, -0.2) is 4.79 Å². The average molecular weight is 759 g/mol. The van der Waals surface area contributed by atoms with Crippen LogP contribution in [-0.2, 0) is 0 Å². The van der Waals surface area contributed by atoms with E-state index >= 15 is 0 Å². The highest BCUT2D eigenvalue weighted by atomic mass is 127. The van der Waals surface area contributed by atoms with Gasteiger partial charge in [-0.15, -0.1) is 0 Å². The first-order valence-electron chi connectivity index (χ1n) is 9.42. The Labute approximate surface area is 223 Å². The lowest BCUT2D eigenvalue weighted by atomic mass is 10.2. The smallest absolute Gasteiger partial charge is 0.345 e. The maximum Gasteiger partial charge on any atom is 0.345 e. The second-order valence-electron chi connectivity index (χ2n) is 6.91. The molecule has 5 rings (SSSR count). The summed E-state index contributed by atoms with van der Waals surface area (Å²) in [6.07, 6.45) is 0. The minimum absolute atomic E-state index is 0.217. The van der Waals surface area contributed by atoms with E-state index in [0.717, 1.165) is 15.6 Å². The van der Waals surface area contributed by atoms with Crippen molar-refractivity contribution in [1.82, 2.24) is 0 Å². The zero-order valence-electron chi connectivity index (χ0n) is 15.9. The number of thiophene rings is 1. The van der Waals surface area contributed by atoms with E-state index in [2.05, 4.69) is 122 Å². The van der Waals surface area contributed by atoms with Crippen molar-refractivity contribution in [3.63, 3.8) is 0 Å². The minimum Gasteiger partial charge on any atom is -0.423 e. The molecule has 0 saturated heterocycles. The van der Waals surface area contributed by atoms with Crippen LogP contribution in [0.4, 0.5) is 0 Å². The lowest BCUT2D eigenvalue weighted by molar-refractivity contribution is 0.0732. The van der Waals surface area contributed by atoms with E-state index in [9.17, 15) is 4.79 Å². The molecule has 0 amide bonds. The molecule has 0 radical (unpaired) electrons. The van der Waals surface area contributed by atoms with Crippen molar-refractivity contribution < 1.29 is 9.53 Å². The van der Waals surface area contributed by atoms with Gasteiger partial charge in [0.15, 0.2) is 14.3 Å². The summed E-state index contributed by atoms with van der Waals surface area (Å²) in [6, 6.07) is 29.1. The van der Waals surface area contributed by atoms with Crippen LogP contribution in [0.5, 0.6) is 5.75 Å². The topological polar surface area (TPSA) is 26.3 Å². The number of rotatable bonds is 3. The lowest BCUT2D eigenvalue weighted by Crippen LogP contribution is -2.12. The molecule has 0 atom stereocenters. The number of halogens is 3. The quantitative estimate of drug-likeness (QED) is 0.0797. The van der Waals surface area contributed by atoms with Crippen molar-refractivity contribution in [2.24, 2.45) is 0 Å². The first kappa shape index (κ1) is 21.6. The summed E-state index contributed by atoms with van der Waals surface area (Å²) in [7, 11) is -0.217. The summed E-state index contributed by atoms with van der Waals surface area (Å²) < 4.78 is 11.4. The van der Waals surface area contributed by atoms with E-state index in [1.54, 1.807) is 0 Å². The SMILES string of the molecule is O=C(Oc1cccc(-[s+]2c3ccccc3c3ccccc32)c1)c1c(I)cc(I)cc1I. The molecule has 0 N–H and O–H groups in total. The van der Waals surface area contributed by atoms with Crippen LogP contribution < -0.4 is 4.74 Å². The first-order valence-corrected chi connectivity index (χ1v) is 13.9. The molecule has 6 heteroatoms. The van der Waals surface area contributed by atoms with E-state index in [4.69, 9.17) is 4.74 Å². The van der Waals surface area contributed by atoms with E-state index in [1.165, 1.54) is 20.2 Å². The molecule has 2 nitrogen and oxygen atoms in total. The van der Waals surface area contributed by atoms with Gasteiger partial charge in [-0.3, -0.25) is 0 Å². The van der Waals surface area contributed by atoms with Crippen molar-refractivity contribution in [2.75, 3.05) is 0 Å². The normalized spacial score (nSPS) is 11.2. The van der Waals surface area contributed by atoms with Gasteiger partial charge in [-0.05, 0) is 116 Å². The number of hydrogen-bond donors (Lipinski definition) is 0. The van der Waals surface area contributed by atoms with Gasteiger partial charge in [0.05, 0.1) is 5.56 Å². The van der Waals surface area contributed by atoms with Crippen molar-refractivity contribution in [3.8, 4) is 10.6 Å². The Bertz CT molecular complexity index is 1400. The number of esters is 1. The van der Waals surface area contributed by atoms with Crippen LogP contribution in [0.15, 0.2) is 84.9 Å².